The van der Waals surface area contributed by atoms with E-state index in [-0.39, 0.29) is 120 Å². The molecule has 4 aromatic carbocycles. The number of carboxylic acids is 3. The highest BCUT2D eigenvalue weighted by molar-refractivity contribution is 7.80. The van der Waals surface area contributed by atoms with Gasteiger partial charge in [0.15, 0.2) is 0 Å². The summed E-state index contributed by atoms with van der Waals surface area (Å²) in [5.41, 5.74) is 13.5. The summed E-state index contributed by atoms with van der Waals surface area (Å²) in [6, 6.07) is 10.9. The number of phenolic OH excluding ortho intramolecular Hbond substituents is 2. The molecule has 0 bridgehead atoms. The standard InChI is InChI=1S/C70H94N16O20S2/c1-41(87)62(70(104)80-57(40-108)68(102)76-52(63(72)97)30-43-11-17-47(88)18-12-43)81-64(98)51(8-4-5-21-71)75-67(101)55(33-45-34-73-50-7-3-2-6-49(45)50)78-66(100)54(32-44-13-19-48(89)20-14-44)77-69(103)56(39-107)79-65(99)53(31-42-9-15-46(16-10-42)86(105)106)74-58(90)35-82-22-24-83(36-59(91)92)26-28-85(38-61(95)96)29-27-84(25-23-82)37-60(93)94/h2-3,6-7,9-20,34,41,51-57,62,73,87-89,107-108H,4-5,8,21-33,35-40,71H2,1H3,(H2,72,97)(H,74,90)(H,75,101)(H,76,102)(H,77,103)(H,78,100)(H,79,99)(H,80,104)(H,81,98)(H,91,92)(H,93,94)(H,95,96)/t41-,51+,52-,53-,54+,55-,56-,57+,62+/m1/s1. The van der Waals surface area contributed by atoms with Crippen LogP contribution in [0.3, 0.4) is 0 Å². The van der Waals surface area contributed by atoms with Gasteiger partial charge in [0.1, 0.15) is 59.8 Å². The molecule has 36 nitrogen and oxygen atoms in total. The lowest BCUT2D eigenvalue weighted by atomic mass is 10.0. The van der Waals surface area contributed by atoms with Gasteiger partial charge in [0, 0.05) is 119 Å². The molecule has 2 heterocycles. The third kappa shape index (κ3) is 28.7. The Balaban J connectivity index is 1.26. The highest BCUT2D eigenvalue weighted by Gasteiger charge is 2.37. The second-order valence-corrected chi connectivity index (χ2v) is 26.7. The summed E-state index contributed by atoms with van der Waals surface area (Å²) in [7, 11) is 0. The number of thiol groups is 2. The van der Waals surface area contributed by atoms with Gasteiger partial charge in [-0.25, -0.2) is 0 Å². The minimum absolute atomic E-state index is 0.0217. The monoisotopic (exact) mass is 1540 g/mol. The van der Waals surface area contributed by atoms with E-state index < -0.39 is 162 Å². The number of nitro groups is 1. The summed E-state index contributed by atoms with van der Waals surface area (Å²) in [5.74, 6) is -13.2. The number of aliphatic carboxylic acids is 3. The van der Waals surface area contributed by atoms with E-state index in [9.17, 15) is 88.7 Å². The van der Waals surface area contributed by atoms with Crippen molar-refractivity contribution in [2.75, 3.05) is 96.6 Å². The van der Waals surface area contributed by atoms with Crippen molar-refractivity contribution >= 4 is 113 Å². The zero-order valence-corrected chi connectivity index (χ0v) is 61.0. The fraction of sp³-hybridized carbons (Fsp3) is 0.457. The lowest BCUT2D eigenvalue weighted by molar-refractivity contribution is -0.384. The number of aromatic nitrogens is 1. The zero-order valence-electron chi connectivity index (χ0n) is 59.3. The third-order valence-electron chi connectivity index (χ3n) is 17.7. The number of nitrogens with zero attached hydrogens (tertiary/aromatic N) is 5. The molecule has 586 valence electrons. The number of non-ortho nitro benzene ring substituents is 1. The van der Waals surface area contributed by atoms with Crippen LogP contribution in [0.15, 0.2) is 103 Å². The lowest BCUT2D eigenvalue weighted by Crippen LogP contribution is -2.62. The van der Waals surface area contributed by atoms with Crippen molar-refractivity contribution in [2.24, 2.45) is 11.5 Å². The number of carboxylic acid groups (broad SMARTS) is 3. The zero-order chi connectivity index (χ0) is 79.1. The number of aliphatic hydroxyl groups excluding tert-OH is 1. The Morgan fingerprint density at radius 2 is 0.861 bits per heavy atom. The van der Waals surface area contributed by atoms with E-state index in [1.807, 2.05) is 0 Å². The van der Waals surface area contributed by atoms with E-state index in [1.54, 1.807) is 50.1 Å². The smallest absolute Gasteiger partial charge is 0.317 e. The first kappa shape index (κ1) is 86.4. The van der Waals surface area contributed by atoms with E-state index in [4.69, 9.17) is 11.5 Å². The van der Waals surface area contributed by atoms with Crippen LogP contribution in [0.4, 0.5) is 5.69 Å². The van der Waals surface area contributed by atoms with Gasteiger partial charge < -0.3 is 89.6 Å². The summed E-state index contributed by atoms with van der Waals surface area (Å²) in [4.78, 5) is 185. The summed E-state index contributed by atoms with van der Waals surface area (Å²) in [6.45, 7) is 0.0813. The van der Waals surface area contributed by atoms with Crippen LogP contribution in [0.25, 0.3) is 10.9 Å². The molecular formula is C70H94N16O20S2. The number of phenols is 2. The van der Waals surface area contributed by atoms with Crippen LogP contribution in [0.2, 0.25) is 0 Å². The largest absolute Gasteiger partial charge is 0.508 e. The third-order valence-corrected chi connectivity index (χ3v) is 18.4. The Hall–Kier alpha value is -10.5. The predicted octanol–water partition coefficient (Wildman–Crippen LogP) is -3.03. The molecule has 9 atom stereocenters. The number of carbonyl (C=O) groups excluding carboxylic acids is 9. The highest BCUT2D eigenvalue weighted by Crippen LogP contribution is 2.21. The van der Waals surface area contributed by atoms with Crippen LogP contribution in [0.5, 0.6) is 11.5 Å². The molecule has 0 aliphatic carbocycles. The number of hydrogen-bond donors (Lipinski definition) is 19. The van der Waals surface area contributed by atoms with Crippen LogP contribution in [-0.2, 0) is 83.2 Å². The average molecular weight is 1540 g/mol. The molecule has 0 spiro atoms. The Bertz CT molecular complexity index is 3880. The molecule has 1 fully saturated rings. The number of aromatic hydroxyl groups is 2. The first-order valence-electron chi connectivity index (χ1n) is 34.6. The van der Waals surface area contributed by atoms with Crippen molar-refractivity contribution in [3.05, 3.63) is 136 Å². The Kier molecular flexibility index (Phi) is 34.7. The van der Waals surface area contributed by atoms with Gasteiger partial charge in [-0.1, -0.05) is 54.6 Å². The number of aromatic amines is 1. The Morgan fingerprint density at radius 1 is 0.491 bits per heavy atom. The number of fused-ring (bicyclic) bond motifs is 1. The molecular weight excluding hydrogens is 1450 g/mol. The van der Waals surface area contributed by atoms with E-state index in [1.165, 1.54) is 79.7 Å². The maximum Gasteiger partial charge on any atom is 0.317 e. The number of primary amides is 1. The first-order chi connectivity index (χ1) is 51.4. The number of nitrogens with two attached hydrogens (primary N) is 2. The van der Waals surface area contributed by atoms with Gasteiger partial charge in [-0.2, -0.15) is 25.3 Å². The van der Waals surface area contributed by atoms with Crippen LogP contribution < -0.4 is 54.0 Å². The van der Waals surface area contributed by atoms with Crippen molar-refractivity contribution in [3.63, 3.8) is 0 Å². The van der Waals surface area contributed by atoms with Gasteiger partial charge in [0.2, 0.25) is 53.2 Å². The Labute approximate surface area is 631 Å². The number of amides is 9. The molecule has 108 heavy (non-hydrogen) atoms. The number of nitrogens with one attached hydrogen (secondary N) is 9. The number of para-hydroxylation sites is 1. The molecule has 38 heteroatoms. The average Bonchev–Trinajstić information content (AvgIpc) is 1.63. The van der Waals surface area contributed by atoms with Gasteiger partial charge in [0.25, 0.3) is 5.69 Å². The van der Waals surface area contributed by atoms with E-state index in [0.717, 1.165) is 0 Å². The second kappa shape index (κ2) is 43.4. The summed E-state index contributed by atoms with van der Waals surface area (Å²) in [5, 5.41) is 93.1. The van der Waals surface area contributed by atoms with Crippen molar-refractivity contribution in [3.8, 4) is 11.5 Å². The fourth-order valence-electron chi connectivity index (χ4n) is 11.8. The molecule has 9 amide bonds. The van der Waals surface area contributed by atoms with Crippen LogP contribution >= 0.6 is 25.3 Å². The molecule has 0 unspecified atom stereocenters. The van der Waals surface area contributed by atoms with Crippen molar-refractivity contribution in [1.29, 1.82) is 0 Å². The molecule has 5 aromatic rings. The van der Waals surface area contributed by atoms with Crippen molar-refractivity contribution in [2.45, 2.75) is 106 Å². The van der Waals surface area contributed by atoms with E-state index >= 15 is 9.59 Å². The molecule has 0 radical (unpaired) electrons. The number of rotatable bonds is 40. The normalized spacial score (nSPS) is 15.9. The second-order valence-electron chi connectivity index (χ2n) is 26.0. The minimum atomic E-state index is -1.79. The van der Waals surface area contributed by atoms with Crippen molar-refractivity contribution < 1.29 is 93.1 Å². The maximum atomic E-state index is 15.1. The predicted molar refractivity (Wildman–Crippen MR) is 398 cm³/mol. The molecule has 0 saturated carbocycles. The topological polar surface area (TPSA) is 546 Å². The lowest BCUT2D eigenvalue weighted by Gasteiger charge is -2.33. The van der Waals surface area contributed by atoms with Crippen LogP contribution in [0, 0.1) is 10.1 Å². The summed E-state index contributed by atoms with van der Waals surface area (Å²) in [6.07, 6.45) is -0.650. The Morgan fingerprint density at radius 3 is 1.29 bits per heavy atom. The first-order valence-corrected chi connectivity index (χ1v) is 35.9. The number of H-pyrrole nitrogens is 1. The van der Waals surface area contributed by atoms with E-state index in [2.05, 4.69) is 72.8 Å². The minimum Gasteiger partial charge on any atom is -0.508 e. The molecule has 19 N–H and O–H groups in total. The number of hydrogen-bond acceptors (Lipinski definition) is 24. The number of nitro benzene ring substituents is 1. The van der Waals surface area contributed by atoms with Gasteiger partial charge in [-0.3, -0.25) is 87.2 Å². The van der Waals surface area contributed by atoms with Crippen molar-refractivity contribution in [1.82, 2.24) is 67.1 Å². The molecule has 1 aliphatic rings. The molecule has 1 saturated heterocycles. The number of carbonyl (C=O) groups is 12. The fourth-order valence-corrected chi connectivity index (χ4v) is 12.3. The summed E-state index contributed by atoms with van der Waals surface area (Å²) < 4.78 is 0. The van der Waals surface area contributed by atoms with E-state index in [0.29, 0.717) is 39.6 Å². The number of unbranched alkanes of at least 4 members (excludes halogenated alkanes) is 1. The number of benzene rings is 4. The van der Waals surface area contributed by atoms with Crippen LogP contribution in [-0.4, -0.2) is 282 Å². The quantitative estimate of drug-likeness (QED) is 0.00803. The number of aliphatic hydroxyl groups is 1. The van der Waals surface area contributed by atoms with Gasteiger partial charge >= 0.3 is 17.9 Å². The molecule has 6 rings (SSSR count). The molecule has 1 aliphatic heterocycles. The van der Waals surface area contributed by atoms with Gasteiger partial charge in [-0.05, 0) is 85.3 Å². The van der Waals surface area contributed by atoms with Gasteiger partial charge in [0.05, 0.1) is 37.2 Å². The highest BCUT2D eigenvalue weighted by atomic mass is 32.1. The van der Waals surface area contributed by atoms with Gasteiger partial charge in [-0.15, -0.1) is 0 Å². The molecule has 1 aromatic heterocycles. The van der Waals surface area contributed by atoms with Crippen LogP contribution in [0.1, 0.15) is 48.4 Å². The maximum absolute atomic E-state index is 15.1. The SMILES string of the molecule is C[C@@H](O)[C@H](NC(=O)[C@H](CCCCN)NC(=O)[C@@H](Cc1c[nH]c2ccccc12)NC(=O)[C@H](Cc1ccc(O)cc1)NC(=O)[C@@H](CS)NC(=O)[C@@H](Cc1ccc([N+](=O)[O-])cc1)NC(=O)CN1CCN(CC(=O)O)CCN(CC(=O)O)CCN(CC(=O)O)CC1)C(=O)N[C@@H](CS)C(=O)N[C@H](Cc1ccc(O)cc1)C(N)=O. The summed E-state index contributed by atoms with van der Waals surface area (Å²) >= 11 is 8.61.